The highest BCUT2D eigenvalue weighted by molar-refractivity contribution is 6.28. The number of anilines is 1. The highest BCUT2D eigenvalue weighted by atomic mass is 35.5. The standard InChI is InChI=1S/C9H12ClN3O2/c1-5-6(14)4-13(5)8-7(15-2)3-11-9(10)12-8/h3,5-6,14H,4H2,1-2H3/t5-,6+/m0/s1. The Kier molecular flexibility index (Phi) is 2.67. The molecule has 1 aliphatic rings. The maximum Gasteiger partial charge on any atom is 0.224 e. The van der Waals surface area contributed by atoms with Gasteiger partial charge in [0.25, 0.3) is 0 Å². The van der Waals surface area contributed by atoms with E-state index in [1.165, 1.54) is 6.20 Å². The van der Waals surface area contributed by atoms with Crippen LogP contribution in [0.25, 0.3) is 0 Å². The molecule has 6 heteroatoms. The number of halogens is 1. The summed E-state index contributed by atoms with van der Waals surface area (Å²) in [6, 6.07) is 0.0323. The van der Waals surface area contributed by atoms with Crippen molar-refractivity contribution in [1.29, 1.82) is 0 Å². The summed E-state index contributed by atoms with van der Waals surface area (Å²) in [5, 5.41) is 9.60. The number of aliphatic hydroxyl groups excluding tert-OH is 1. The monoisotopic (exact) mass is 229 g/mol. The number of aliphatic hydroxyl groups is 1. The van der Waals surface area contributed by atoms with E-state index in [-0.39, 0.29) is 17.4 Å². The van der Waals surface area contributed by atoms with Gasteiger partial charge in [-0.3, -0.25) is 0 Å². The van der Waals surface area contributed by atoms with Crippen LogP contribution in [0.1, 0.15) is 6.92 Å². The molecule has 1 fully saturated rings. The van der Waals surface area contributed by atoms with Crippen LogP contribution in [0.3, 0.4) is 0 Å². The largest absolute Gasteiger partial charge is 0.491 e. The van der Waals surface area contributed by atoms with Gasteiger partial charge >= 0.3 is 0 Å². The van der Waals surface area contributed by atoms with Gasteiger partial charge in [0.05, 0.1) is 25.5 Å². The van der Waals surface area contributed by atoms with Crippen LogP contribution in [-0.4, -0.2) is 40.9 Å². The molecule has 0 spiro atoms. The van der Waals surface area contributed by atoms with E-state index in [1.807, 2.05) is 11.8 Å². The summed E-state index contributed by atoms with van der Waals surface area (Å²) < 4.78 is 5.13. The second-order valence-electron chi connectivity index (χ2n) is 3.49. The average molecular weight is 230 g/mol. The van der Waals surface area contributed by atoms with Crippen LogP contribution in [0.4, 0.5) is 5.82 Å². The Morgan fingerprint density at radius 3 is 2.93 bits per heavy atom. The molecule has 0 radical (unpaired) electrons. The minimum Gasteiger partial charge on any atom is -0.491 e. The Morgan fingerprint density at radius 2 is 2.40 bits per heavy atom. The smallest absolute Gasteiger partial charge is 0.224 e. The highest BCUT2D eigenvalue weighted by Crippen LogP contribution is 2.32. The van der Waals surface area contributed by atoms with Gasteiger partial charge in [0.15, 0.2) is 11.6 Å². The minimum absolute atomic E-state index is 0.0323. The molecule has 0 aliphatic carbocycles. The first kappa shape index (κ1) is 10.4. The predicted octanol–water partition coefficient (Wildman–Crippen LogP) is 0.708. The van der Waals surface area contributed by atoms with E-state index in [9.17, 15) is 5.11 Å². The van der Waals surface area contributed by atoms with Crippen LogP contribution in [0, 0.1) is 0 Å². The normalized spacial score (nSPS) is 24.9. The maximum absolute atomic E-state index is 9.42. The summed E-state index contributed by atoms with van der Waals surface area (Å²) in [4.78, 5) is 9.86. The van der Waals surface area contributed by atoms with E-state index in [0.717, 1.165) is 0 Å². The van der Waals surface area contributed by atoms with Crippen molar-refractivity contribution in [2.24, 2.45) is 0 Å². The molecule has 82 valence electrons. The van der Waals surface area contributed by atoms with E-state index in [1.54, 1.807) is 7.11 Å². The molecule has 0 amide bonds. The van der Waals surface area contributed by atoms with Crippen LogP contribution in [0.5, 0.6) is 5.75 Å². The molecule has 5 nitrogen and oxygen atoms in total. The van der Waals surface area contributed by atoms with Gasteiger partial charge in [0.1, 0.15) is 0 Å². The first-order valence-corrected chi connectivity index (χ1v) is 5.02. The zero-order chi connectivity index (χ0) is 11.0. The molecule has 0 saturated carbocycles. The van der Waals surface area contributed by atoms with Crippen molar-refractivity contribution in [1.82, 2.24) is 9.97 Å². The van der Waals surface area contributed by atoms with E-state index >= 15 is 0 Å². The fraction of sp³-hybridized carbons (Fsp3) is 0.556. The summed E-state index contributed by atoms with van der Waals surface area (Å²) in [7, 11) is 1.55. The number of nitrogens with zero attached hydrogens (tertiary/aromatic N) is 3. The molecule has 15 heavy (non-hydrogen) atoms. The van der Waals surface area contributed by atoms with Gasteiger partial charge in [-0.15, -0.1) is 0 Å². The van der Waals surface area contributed by atoms with Crippen molar-refractivity contribution in [2.75, 3.05) is 18.6 Å². The van der Waals surface area contributed by atoms with Crippen molar-refractivity contribution in [3.05, 3.63) is 11.5 Å². The number of aromatic nitrogens is 2. The van der Waals surface area contributed by atoms with Gasteiger partial charge in [-0.1, -0.05) is 0 Å². The molecule has 1 aliphatic heterocycles. The van der Waals surface area contributed by atoms with Gasteiger partial charge in [-0.25, -0.2) is 4.98 Å². The molecule has 0 bridgehead atoms. The van der Waals surface area contributed by atoms with Gasteiger partial charge in [0.2, 0.25) is 5.28 Å². The van der Waals surface area contributed by atoms with Crippen LogP contribution >= 0.6 is 11.6 Å². The predicted molar refractivity (Wildman–Crippen MR) is 56.4 cm³/mol. The van der Waals surface area contributed by atoms with Crippen LogP contribution in [0.15, 0.2) is 6.20 Å². The van der Waals surface area contributed by atoms with Gasteiger partial charge in [-0.2, -0.15) is 4.98 Å². The Hall–Kier alpha value is -1.07. The van der Waals surface area contributed by atoms with E-state index < -0.39 is 0 Å². The van der Waals surface area contributed by atoms with E-state index in [4.69, 9.17) is 16.3 Å². The van der Waals surface area contributed by atoms with Gasteiger partial charge in [0, 0.05) is 6.54 Å². The first-order valence-electron chi connectivity index (χ1n) is 4.64. The minimum atomic E-state index is -0.316. The average Bonchev–Trinajstić information content (AvgIpc) is 2.25. The summed E-state index contributed by atoms with van der Waals surface area (Å²) in [6.07, 6.45) is 1.21. The second-order valence-corrected chi connectivity index (χ2v) is 3.83. The molecule has 2 atom stereocenters. The van der Waals surface area contributed by atoms with Crippen molar-refractivity contribution in [3.63, 3.8) is 0 Å². The van der Waals surface area contributed by atoms with Gasteiger partial charge < -0.3 is 14.7 Å². The molecule has 1 aromatic rings. The lowest BCUT2D eigenvalue weighted by Gasteiger charge is -2.44. The van der Waals surface area contributed by atoms with Crippen LogP contribution in [-0.2, 0) is 0 Å². The second kappa shape index (κ2) is 3.83. The highest BCUT2D eigenvalue weighted by Gasteiger charge is 2.36. The van der Waals surface area contributed by atoms with Crippen LogP contribution < -0.4 is 9.64 Å². The van der Waals surface area contributed by atoms with Crippen LogP contribution in [0.2, 0.25) is 5.28 Å². The number of hydrogen-bond acceptors (Lipinski definition) is 5. The summed E-state index contributed by atoms with van der Waals surface area (Å²) in [6.45, 7) is 2.47. The van der Waals surface area contributed by atoms with E-state index in [0.29, 0.717) is 18.1 Å². The Bertz CT molecular complexity index is 374. The number of β-amino-alcohol motifs (C(OH)–C–C–N with tert-alkyl or cyclic N) is 1. The molecule has 1 N–H and O–H groups in total. The number of hydrogen-bond donors (Lipinski definition) is 1. The number of rotatable bonds is 2. The molecule has 0 unspecified atom stereocenters. The number of methoxy groups -OCH3 is 1. The number of ether oxygens (including phenoxy) is 1. The fourth-order valence-electron chi connectivity index (χ4n) is 1.56. The van der Waals surface area contributed by atoms with E-state index in [2.05, 4.69) is 9.97 Å². The fourth-order valence-corrected chi connectivity index (χ4v) is 1.69. The third-order valence-corrected chi connectivity index (χ3v) is 2.81. The summed E-state index contributed by atoms with van der Waals surface area (Å²) in [5.41, 5.74) is 0. The van der Waals surface area contributed by atoms with Crippen molar-refractivity contribution in [2.45, 2.75) is 19.1 Å². The van der Waals surface area contributed by atoms with Crippen molar-refractivity contribution in [3.8, 4) is 5.75 Å². The van der Waals surface area contributed by atoms with Crippen molar-refractivity contribution >= 4 is 17.4 Å². The molecular formula is C9H12ClN3O2. The lowest BCUT2D eigenvalue weighted by atomic mass is 10.0. The first-order chi connectivity index (χ1) is 7.13. The topological polar surface area (TPSA) is 58.5 Å². The molecule has 2 rings (SSSR count). The maximum atomic E-state index is 9.42. The van der Waals surface area contributed by atoms with Crippen molar-refractivity contribution < 1.29 is 9.84 Å². The molecule has 0 aromatic carbocycles. The molecule has 1 saturated heterocycles. The lowest BCUT2D eigenvalue weighted by molar-refractivity contribution is 0.0981. The molecular weight excluding hydrogens is 218 g/mol. The molecule has 1 aromatic heterocycles. The third kappa shape index (κ3) is 1.72. The lowest BCUT2D eigenvalue weighted by Crippen LogP contribution is -2.59. The Morgan fingerprint density at radius 1 is 1.67 bits per heavy atom. The Labute approximate surface area is 92.7 Å². The zero-order valence-corrected chi connectivity index (χ0v) is 9.27. The van der Waals surface area contributed by atoms with Gasteiger partial charge in [-0.05, 0) is 18.5 Å². The quantitative estimate of drug-likeness (QED) is 0.757. The summed E-state index contributed by atoms with van der Waals surface area (Å²) >= 11 is 5.72. The summed E-state index contributed by atoms with van der Waals surface area (Å²) in [5.74, 6) is 1.20. The molecule has 2 heterocycles. The third-order valence-electron chi connectivity index (χ3n) is 2.63. The SMILES string of the molecule is COc1cnc(Cl)nc1N1C[C@@H](O)[C@@H]1C. The Balaban J connectivity index is 2.30. The zero-order valence-electron chi connectivity index (χ0n) is 8.51.